The molecule has 3 unspecified atom stereocenters. The molecule has 3 nitrogen and oxygen atoms in total. The lowest BCUT2D eigenvalue weighted by Crippen LogP contribution is -2.35. The Hall–Kier alpha value is -0.120. The molecule has 2 aliphatic rings. The lowest BCUT2D eigenvalue weighted by atomic mass is 9.86. The number of hydrogen-bond acceptors (Lipinski definition) is 3. The summed E-state index contributed by atoms with van der Waals surface area (Å²) in [4.78, 5) is 0. The second-order valence-electron chi connectivity index (χ2n) is 5.09. The zero-order chi connectivity index (χ0) is 10.5. The summed E-state index contributed by atoms with van der Waals surface area (Å²) in [5.41, 5.74) is 5.97. The van der Waals surface area contributed by atoms with E-state index in [1.165, 1.54) is 38.5 Å². The first-order valence-corrected chi connectivity index (χ1v) is 6.42. The summed E-state index contributed by atoms with van der Waals surface area (Å²) in [5.74, 6) is 0.801. The fraction of sp³-hybridized carbons (Fsp3) is 1.00. The van der Waals surface area contributed by atoms with Crippen molar-refractivity contribution >= 4 is 0 Å². The first kappa shape index (κ1) is 11.4. The van der Waals surface area contributed by atoms with Gasteiger partial charge in [-0.1, -0.05) is 6.42 Å². The minimum atomic E-state index is 0.452. The SMILES string of the molecule is NC1CCCC(CNCC2CCCO2)C1. The number of rotatable bonds is 4. The molecule has 0 radical (unpaired) electrons. The summed E-state index contributed by atoms with van der Waals surface area (Å²) in [6.07, 6.45) is 8.04. The van der Waals surface area contributed by atoms with Gasteiger partial charge in [0.05, 0.1) is 6.10 Å². The van der Waals surface area contributed by atoms with Crippen LogP contribution in [0.25, 0.3) is 0 Å². The molecule has 1 saturated carbocycles. The molecule has 3 atom stereocenters. The fourth-order valence-corrected chi connectivity index (χ4v) is 2.77. The van der Waals surface area contributed by atoms with Crippen LogP contribution in [0.15, 0.2) is 0 Å². The second kappa shape index (κ2) is 5.83. The Morgan fingerprint density at radius 1 is 1.13 bits per heavy atom. The topological polar surface area (TPSA) is 47.3 Å². The first-order chi connectivity index (χ1) is 7.34. The van der Waals surface area contributed by atoms with E-state index in [0.717, 1.165) is 25.6 Å². The van der Waals surface area contributed by atoms with Gasteiger partial charge in [0.15, 0.2) is 0 Å². The maximum atomic E-state index is 5.97. The lowest BCUT2D eigenvalue weighted by Gasteiger charge is -2.27. The molecule has 0 spiro atoms. The van der Waals surface area contributed by atoms with Crippen LogP contribution in [0.3, 0.4) is 0 Å². The molecule has 15 heavy (non-hydrogen) atoms. The largest absolute Gasteiger partial charge is 0.377 e. The number of nitrogens with one attached hydrogen (secondary N) is 1. The van der Waals surface area contributed by atoms with Crippen LogP contribution in [0.4, 0.5) is 0 Å². The van der Waals surface area contributed by atoms with E-state index in [2.05, 4.69) is 5.32 Å². The third-order valence-corrected chi connectivity index (χ3v) is 3.65. The van der Waals surface area contributed by atoms with Crippen LogP contribution in [-0.4, -0.2) is 31.8 Å². The highest BCUT2D eigenvalue weighted by Crippen LogP contribution is 2.22. The predicted molar refractivity (Wildman–Crippen MR) is 61.8 cm³/mol. The van der Waals surface area contributed by atoms with Gasteiger partial charge in [-0.3, -0.25) is 0 Å². The maximum Gasteiger partial charge on any atom is 0.0700 e. The minimum Gasteiger partial charge on any atom is -0.377 e. The van der Waals surface area contributed by atoms with E-state index in [1.807, 2.05) is 0 Å². The Labute approximate surface area is 92.7 Å². The van der Waals surface area contributed by atoms with Gasteiger partial charge < -0.3 is 15.8 Å². The summed E-state index contributed by atoms with van der Waals surface area (Å²) in [6, 6.07) is 0.452. The van der Waals surface area contributed by atoms with Gasteiger partial charge in [0.2, 0.25) is 0 Å². The summed E-state index contributed by atoms with van der Waals surface area (Å²) in [7, 11) is 0. The molecule has 1 aliphatic heterocycles. The average molecular weight is 212 g/mol. The van der Waals surface area contributed by atoms with Crippen LogP contribution in [0.2, 0.25) is 0 Å². The number of hydrogen-bond donors (Lipinski definition) is 2. The molecule has 3 heteroatoms. The van der Waals surface area contributed by atoms with Crippen LogP contribution >= 0.6 is 0 Å². The first-order valence-electron chi connectivity index (χ1n) is 6.42. The normalized spacial score (nSPS) is 37.0. The molecule has 0 aromatic rings. The molecular weight excluding hydrogens is 188 g/mol. The number of ether oxygens (including phenoxy) is 1. The van der Waals surface area contributed by atoms with Gasteiger partial charge in [-0.2, -0.15) is 0 Å². The molecule has 1 aliphatic carbocycles. The van der Waals surface area contributed by atoms with Crippen LogP contribution in [-0.2, 0) is 4.74 Å². The maximum absolute atomic E-state index is 5.97. The molecule has 0 bridgehead atoms. The fourth-order valence-electron chi connectivity index (χ4n) is 2.77. The molecule has 1 saturated heterocycles. The number of nitrogens with two attached hydrogens (primary N) is 1. The van der Waals surface area contributed by atoms with Gasteiger partial charge in [0.1, 0.15) is 0 Å². The molecule has 1 heterocycles. The van der Waals surface area contributed by atoms with E-state index in [0.29, 0.717) is 12.1 Å². The molecule has 2 fully saturated rings. The Kier molecular flexibility index (Phi) is 4.42. The molecule has 0 aromatic heterocycles. The van der Waals surface area contributed by atoms with Gasteiger partial charge in [0.25, 0.3) is 0 Å². The highest BCUT2D eigenvalue weighted by atomic mass is 16.5. The van der Waals surface area contributed by atoms with Gasteiger partial charge in [-0.15, -0.1) is 0 Å². The van der Waals surface area contributed by atoms with E-state index in [9.17, 15) is 0 Å². The summed E-state index contributed by atoms with van der Waals surface area (Å²) >= 11 is 0. The van der Waals surface area contributed by atoms with Gasteiger partial charge in [0, 0.05) is 19.2 Å². The molecule has 88 valence electrons. The summed E-state index contributed by atoms with van der Waals surface area (Å²) in [6.45, 7) is 3.12. The molecule has 0 aromatic carbocycles. The highest BCUT2D eigenvalue weighted by molar-refractivity contribution is 4.77. The van der Waals surface area contributed by atoms with Crippen molar-refractivity contribution in [1.82, 2.24) is 5.32 Å². The van der Waals surface area contributed by atoms with Gasteiger partial charge in [-0.05, 0) is 44.6 Å². The average Bonchev–Trinajstić information content (AvgIpc) is 2.71. The molecule has 0 amide bonds. The quantitative estimate of drug-likeness (QED) is 0.738. The van der Waals surface area contributed by atoms with Crippen molar-refractivity contribution < 1.29 is 4.74 Å². The zero-order valence-electron chi connectivity index (χ0n) is 9.58. The zero-order valence-corrected chi connectivity index (χ0v) is 9.58. The van der Waals surface area contributed by atoms with E-state index in [-0.39, 0.29) is 0 Å². The van der Waals surface area contributed by atoms with E-state index < -0.39 is 0 Å². The Bertz CT molecular complexity index is 180. The van der Waals surface area contributed by atoms with Crippen molar-refractivity contribution in [3.63, 3.8) is 0 Å². The minimum absolute atomic E-state index is 0.452. The van der Waals surface area contributed by atoms with Crippen molar-refractivity contribution in [3.05, 3.63) is 0 Å². The standard InChI is InChI=1S/C12H24N2O/c13-11-4-1-3-10(7-11)8-14-9-12-5-2-6-15-12/h10-12,14H,1-9,13H2. The van der Waals surface area contributed by atoms with Crippen molar-refractivity contribution in [1.29, 1.82) is 0 Å². The third-order valence-electron chi connectivity index (χ3n) is 3.65. The Morgan fingerprint density at radius 2 is 2.07 bits per heavy atom. The van der Waals surface area contributed by atoms with Crippen molar-refractivity contribution in [2.75, 3.05) is 19.7 Å². The monoisotopic (exact) mass is 212 g/mol. The molecule has 3 N–H and O–H groups in total. The van der Waals surface area contributed by atoms with Crippen molar-refractivity contribution in [3.8, 4) is 0 Å². The summed E-state index contributed by atoms with van der Waals surface area (Å²) in [5, 5.41) is 3.54. The van der Waals surface area contributed by atoms with Gasteiger partial charge in [-0.25, -0.2) is 0 Å². The second-order valence-corrected chi connectivity index (χ2v) is 5.09. The summed E-state index contributed by atoms with van der Waals surface area (Å²) < 4.78 is 5.58. The van der Waals surface area contributed by atoms with Crippen LogP contribution in [0.1, 0.15) is 38.5 Å². The molecular formula is C12H24N2O. The van der Waals surface area contributed by atoms with E-state index >= 15 is 0 Å². The van der Waals surface area contributed by atoms with Crippen molar-refractivity contribution in [2.24, 2.45) is 11.7 Å². The molecule has 2 rings (SSSR count). The van der Waals surface area contributed by atoms with Crippen molar-refractivity contribution in [2.45, 2.75) is 50.7 Å². The van der Waals surface area contributed by atoms with Crippen LogP contribution in [0.5, 0.6) is 0 Å². The third kappa shape index (κ3) is 3.74. The Balaban J connectivity index is 1.56. The van der Waals surface area contributed by atoms with E-state index in [4.69, 9.17) is 10.5 Å². The van der Waals surface area contributed by atoms with Gasteiger partial charge >= 0.3 is 0 Å². The van der Waals surface area contributed by atoms with E-state index in [1.54, 1.807) is 0 Å². The highest BCUT2D eigenvalue weighted by Gasteiger charge is 2.20. The smallest absolute Gasteiger partial charge is 0.0700 e. The van der Waals surface area contributed by atoms with Crippen LogP contribution < -0.4 is 11.1 Å². The predicted octanol–water partition coefficient (Wildman–Crippen LogP) is 1.27. The Morgan fingerprint density at radius 3 is 2.80 bits per heavy atom. The van der Waals surface area contributed by atoms with Crippen LogP contribution in [0, 0.1) is 5.92 Å². The lowest BCUT2D eigenvalue weighted by molar-refractivity contribution is 0.108.